The van der Waals surface area contributed by atoms with Gasteiger partial charge in [-0.3, -0.25) is 5.01 Å². The number of rotatable bonds is 4. The van der Waals surface area contributed by atoms with E-state index in [-0.39, 0.29) is 0 Å². The SMILES string of the molecule is C=CC1=NN(c2ccc(C#N)c(Cl)c2)C(C(C)CC)C1. The van der Waals surface area contributed by atoms with Crippen LogP contribution in [-0.4, -0.2) is 11.8 Å². The molecule has 1 heterocycles. The van der Waals surface area contributed by atoms with Crippen molar-refractivity contribution >= 4 is 23.0 Å². The Morgan fingerprint density at radius 1 is 1.65 bits per heavy atom. The number of hydrogen-bond acceptors (Lipinski definition) is 3. The first-order valence-corrected chi connectivity index (χ1v) is 7.17. The predicted molar refractivity (Wildman–Crippen MR) is 84.1 cm³/mol. The zero-order valence-electron chi connectivity index (χ0n) is 11.8. The number of allylic oxidation sites excluding steroid dienone is 1. The molecule has 3 nitrogen and oxygen atoms in total. The van der Waals surface area contributed by atoms with Crippen LogP contribution in [0.25, 0.3) is 0 Å². The lowest BCUT2D eigenvalue weighted by Gasteiger charge is -2.28. The summed E-state index contributed by atoms with van der Waals surface area (Å²) in [4.78, 5) is 0. The van der Waals surface area contributed by atoms with Crippen LogP contribution in [0, 0.1) is 17.2 Å². The number of benzene rings is 1. The summed E-state index contributed by atoms with van der Waals surface area (Å²) < 4.78 is 0. The molecule has 0 N–H and O–H groups in total. The quantitative estimate of drug-likeness (QED) is 0.824. The molecule has 0 bridgehead atoms. The molecule has 2 atom stereocenters. The van der Waals surface area contributed by atoms with Crippen LogP contribution < -0.4 is 5.01 Å². The predicted octanol–water partition coefficient (Wildman–Crippen LogP) is 4.38. The highest BCUT2D eigenvalue weighted by atomic mass is 35.5. The lowest BCUT2D eigenvalue weighted by molar-refractivity contribution is 0.441. The zero-order chi connectivity index (χ0) is 14.7. The third-order valence-electron chi connectivity index (χ3n) is 3.84. The summed E-state index contributed by atoms with van der Waals surface area (Å²) in [7, 11) is 0. The highest BCUT2D eigenvalue weighted by Gasteiger charge is 2.30. The molecule has 1 aromatic carbocycles. The van der Waals surface area contributed by atoms with Gasteiger partial charge in [0.1, 0.15) is 6.07 Å². The highest BCUT2D eigenvalue weighted by Crippen LogP contribution is 2.32. The molecule has 1 aliphatic rings. The van der Waals surface area contributed by atoms with E-state index in [9.17, 15) is 0 Å². The van der Waals surface area contributed by atoms with E-state index in [0.717, 1.165) is 24.2 Å². The van der Waals surface area contributed by atoms with Crippen molar-refractivity contribution < 1.29 is 0 Å². The van der Waals surface area contributed by atoms with Crippen LogP contribution >= 0.6 is 11.6 Å². The monoisotopic (exact) mass is 287 g/mol. The third kappa shape index (κ3) is 2.71. The van der Waals surface area contributed by atoms with Crippen molar-refractivity contribution in [1.29, 1.82) is 5.26 Å². The molecule has 2 rings (SSSR count). The molecule has 0 saturated heterocycles. The fourth-order valence-electron chi connectivity index (χ4n) is 2.38. The van der Waals surface area contributed by atoms with Gasteiger partial charge in [0.15, 0.2) is 0 Å². The fraction of sp³-hybridized carbons (Fsp3) is 0.375. The Bertz CT molecular complexity index is 586. The van der Waals surface area contributed by atoms with Crippen LogP contribution in [0.2, 0.25) is 5.02 Å². The summed E-state index contributed by atoms with van der Waals surface area (Å²) in [5.74, 6) is 0.519. The second kappa shape index (κ2) is 6.11. The van der Waals surface area contributed by atoms with Crippen LogP contribution in [0.5, 0.6) is 0 Å². The number of halogens is 1. The van der Waals surface area contributed by atoms with E-state index in [1.807, 2.05) is 17.1 Å². The van der Waals surface area contributed by atoms with Crippen molar-refractivity contribution in [3.63, 3.8) is 0 Å². The van der Waals surface area contributed by atoms with E-state index < -0.39 is 0 Å². The van der Waals surface area contributed by atoms with Crippen molar-refractivity contribution in [3.8, 4) is 6.07 Å². The molecule has 0 fully saturated rings. The van der Waals surface area contributed by atoms with E-state index >= 15 is 0 Å². The number of hydrogen-bond donors (Lipinski definition) is 0. The molecular weight excluding hydrogens is 270 g/mol. The Morgan fingerprint density at radius 3 is 2.95 bits per heavy atom. The summed E-state index contributed by atoms with van der Waals surface area (Å²) in [5, 5.41) is 16.0. The molecule has 20 heavy (non-hydrogen) atoms. The highest BCUT2D eigenvalue weighted by molar-refractivity contribution is 6.32. The largest absolute Gasteiger partial charge is 0.262 e. The Hall–Kier alpha value is -1.79. The van der Waals surface area contributed by atoms with E-state index in [1.165, 1.54) is 0 Å². The van der Waals surface area contributed by atoms with Crippen LogP contribution in [-0.2, 0) is 0 Å². The maximum atomic E-state index is 8.94. The summed E-state index contributed by atoms with van der Waals surface area (Å²) >= 11 is 6.12. The first kappa shape index (κ1) is 14.6. The van der Waals surface area contributed by atoms with Gasteiger partial charge < -0.3 is 0 Å². The van der Waals surface area contributed by atoms with Gasteiger partial charge in [0, 0.05) is 6.42 Å². The fourth-order valence-corrected chi connectivity index (χ4v) is 2.60. The molecule has 4 heteroatoms. The van der Waals surface area contributed by atoms with Crippen molar-refractivity contribution in [2.75, 3.05) is 5.01 Å². The van der Waals surface area contributed by atoms with E-state index in [4.69, 9.17) is 16.9 Å². The minimum absolute atomic E-state index is 0.317. The third-order valence-corrected chi connectivity index (χ3v) is 4.16. The maximum absolute atomic E-state index is 8.94. The van der Waals surface area contributed by atoms with Gasteiger partial charge in [-0.05, 0) is 30.2 Å². The van der Waals surface area contributed by atoms with E-state index in [0.29, 0.717) is 22.5 Å². The van der Waals surface area contributed by atoms with Crippen LogP contribution in [0.15, 0.2) is 36.0 Å². The molecule has 0 spiro atoms. The molecule has 0 saturated carbocycles. The van der Waals surface area contributed by atoms with Gasteiger partial charge in [-0.1, -0.05) is 38.4 Å². The van der Waals surface area contributed by atoms with Gasteiger partial charge in [0.2, 0.25) is 0 Å². The Morgan fingerprint density at radius 2 is 2.40 bits per heavy atom. The topological polar surface area (TPSA) is 39.4 Å². The minimum Gasteiger partial charge on any atom is -0.262 e. The molecule has 0 aromatic heterocycles. The van der Waals surface area contributed by atoms with Gasteiger partial charge in [0.25, 0.3) is 0 Å². The molecule has 1 aromatic rings. The standard InChI is InChI=1S/C16H18ClN3/c1-4-11(3)16-8-13(5-2)19-20(16)14-7-6-12(10-18)15(17)9-14/h5-7,9,11,16H,2,4,8H2,1,3H3. The van der Waals surface area contributed by atoms with Gasteiger partial charge in [-0.25, -0.2) is 0 Å². The summed E-state index contributed by atoms with van der Waals surface area (Å²) in [6.07, 6.45) is 3.79. The Balaban J connectivity index is 2.37. The van der Waals surface area contributed by atoms with Gasteiger partial charge in [-0.2, -0.15) is 10.4 Å². The average Bonchev–Trinajstić information content (AvgIpc) is 2.90. The molecule has 0 aliphatic carbocycles. The molecule has 1 aliphatic heterocycles. The van der Waals surface area contributed by atoms with Crippen LogP contribution in [0.1, 0.15) is 32.3 Å². The van der Waals surface area contributed by atoms with Gasteiger partial charge in [0.05, 0.1) is 28.0 Å². The Kier molecular flexibility index (Phi) is 4.46. The number of nitriles is 1. The molecule has 0 radical (unpaired) electrons. The van der Waals surface area contributed by atoms with Gasteiger partial charge >= 0.3 is 0 Å². The Labute approximate surface area is 125 Å². The van der Waals surface area contributed by atoms with Crippen molar-refractivity contribution in [1.82, 2.24) is 0 Å². The van der Waals surface area contributed by atoms with E-state index in [2.05, 4.69) is 31.6 Å². The van der Waals surface area contributed by atoms with E-state index in [1.54, 1.807) is 12.1 Å². The van der Waals surface area contributed by atoms with Crippen molar-refractivity contribution in [3.05, 3.63) is 41.4 Å². The lowest BCUT2D eigenvalue weighted by Crippen LogP contribution is -2.32. The van der Waals surface area contributed by atoms with Crippen LogP contribution in [0.4, 0.5) is 5.69 Å². The molecule has 2 unspecified atom stereocenters. The first-order chi connectivity index (χ1) is 9.60. The summed E-state index contributed by atoms with van der Waals surface area (Å²) in [5.41, 5.74) is 2.41. The number of anilines is 1. The number of nitrogens with zero attached hydrogens (tertiary/aromatic N) is 3. The molecule has 0 amide bonds. The smallest absolute Gasteiger partial charge is 0.101 e. The lowest BCUT2D eigenvalue weighted by atomic mass is 9.94. The second-order valence-electron chi connectivity index (χ2n) is 5.07. The number of hydrazone groups is 1. The maximum Gasteiger partial charge on any atom is 0.101 e. The average molecular weight is 288 g/mol. The molecule has 104 valence electrons. The van der Waals surface area contributed by atoms with Gasteiger partial charge in [-0.15, -0.1) is 0 Å². The zero-order valence-corrected chi connectivity index (χ0v) is 12.6. The first-order valence-electron chi connectivity index (χ1n) is 6.79. The normalized spacial score (nSPS) is 19.4. The van der Waals surface area contributed by atoms with Crippen LogP contribution in [0.3, 0.4) is 0 Å². The second-order valence-corrected chi connectivity index (χ2v) is 5.48. The molecular formula is C16H18ClN3. The minimum atomic E-state index is 0.317. The summed E-state index contributed by atoms with van der Waals surface area (Å²) in [6.45, 7) is 8.22. The summed E-state index contributed by atoms with van der Waals surface area (Å²) in [6, 6.07) is 7.84. The van der Waals surface area contributed by atoms with Crippen molar-refractivity contribution in [2.45, 2.75) is 32.7 Å². The van der Waals surface area contributed by atoms with Crippen molar-refractivity contribution in [2.24, 2.45) is 11.0 Å².